The summed E-state index contributed by atoms with van der Waals surface area (Å²) in [6, 6.07) is 17.9. The zero-order valence-electron chi connectivity index (χ0n) is 19.0. The molecule has 3 aromatic rings. The van der Waals surface area contributed by atoms with Gasteiger partial charge in [0, 0.05) is 36.6 Å². The molecule has 0 fully saturated rings. The van der Waals surface area contributed by atoms with Crippen molar-refractivity contribution >= 4 is 11.9 Å². The molecule has 1 heterocycles. The number of rotatable bonds is 12. The van der Waals surface area contributed by atoms with Crippen molar-refractivity contribution in [1.29, 1.82) is 10.8 Å². The minimum absolute atomic E-state index is 0.0338. The van der Waals surface area contributed by atoms with Crippen molar-refractivity contribution in [2.75, 3.05) is 26.3 Å². The summed E-state index contributed by atoms with van der Waals surface area (Å²) in [6.07, 6.45) is 5.16. The third-order valence-corrected chi connectivity index (χ3v) is 4.88. The van der Waals surface area contributed by atoms with Gasteiger partial charge in [0.25, 0.3) is 0 Å². The molecular formula is C25H31N7O2. The van der Waals surface area contributed by atoms with Gasteiger partial charge in [-0.3, -0.25) is 15.8 Å². The zero-order valence-corrected chi connectivity index (χ0v) is 19.0. The number of pyridine rings is 1. The lowest BCUT2D eigenvalue weighted by atomic mass is 10.0. The van der Waals surface area contributed by atoms with E-state index in [1.54, 1.807) is 0 Å². The van der Waals surface area contributed by atoms with Crippen LogP contribution in [0.1, 0.15) is 12.8 Å². The molecule has 0 saturated heterocycles. The molecule has 0 amide bonds. The van der Waals surface area contributed by atoms with Crippen LogP contribution in [0.4, 0.5) is 0 Å². The second-order valence-corrected chi connectivity index (χ2v) is 7.60. The van der Waals surface area contributed by atoms with Crippen LogP contribution in [-0.2, 0) is 0 Å². The SMILES string of the molecule is N=C(N)NCCCOc1cccc(-c2cncc(-c3cccc(OCCCNC(=N)N)c3)c2)c1. The first-order chi connectivity index (χ1) is 16.5. The Morgan fingerprint density at radius 2 is 1.18 bits per heavy atom. The molecule has 1 aromatic heterocycles. The van der Waals surface area contributed by atoms with E-state index in [-0.39, 0.29) is 11.9 Å². The van der Waals surface area contributed by atoms with Crippen LogP contribution < -0.4 is 31.6 Å². The molecule has 0 atom stereocenters. The van der Waals surface area contributed by atoms with Gasteiger partial charge in [-0.25, -0.2) is 0 Å². The average Bonchev–Trinajstić information content (AvgIpc) is 2.84. The molecule has 34 heavy (non-hydrogen) atoms. The maximum absolute atomic E-state index is 7.17. The van der Waals surface area contributed by atoms with Crippen molar-refractivity contribution in [2.24, 2.45) is 11.5 Å². The summed E-state index contributed by atoms with van der Waals surface area (Å²) < 4.78 is 11.7. The molecule has 0 aliphatic heterocycles. The molecule has 8 N–H and O–H groups in total. The highest BCUT2D eigenvalue weighted by molar-refractivity contribution is 5.74. The van der Waals surface area contributed by atoms with Gasteiger partial charge in [-0.05, 0) is 54.3 Å². The van der Waals surface area contributed by atoms with Crippen LogP contribution in [0.25, 0.3) is 22.3 Å². The molecule has 2 aromatic carbocycles. The number of hydrogen-bond acceptors (Lipinski definition) is 5. The van der Waals surface area contributed by atoms with E-state index in [0.29, 0.717) is 26.3 Å². The van der Waals surface area contributed by atoms with Crippen molar-refractivity contribution in [1.82, 2.24) is 15.6 Å². The molecule has 0 unspecified atom stereocenters. The van der Waals surface area contributed by atoms with Crippen molar-refractivity contribution in [2.45, 2.75) is 12.8 Å². The maximum atomic E-state index is 7.17. The Balaban J connectivity index is 1.62. The summed E-state index contributed by atoms with van der Waals surface area (Å²) in [7, 11) is 0. The second kappa shape index (κ2) is 12.7. The van der Waals surface area contributed by atoms with Crippen molar-refractivity contribution in [3.8, 4) is 33.8 Å². The van der Waals surface area contributed by atoms with Gasteiger partial charge in [0.15, 0.2) is 11.9 Å². The van der Waals surface area contributed by atoms with Gasteiger partial charge in [-0.2, -0.15) is 0 Å². The number of ether oxygens (including phenoxy) is 2. The number of nitrogens with two attached hydrogens (primary N) is 2. The molecule has 3 rings (SSSR count). The van der Waals surface area contributed by atoms with Gasteiger partial charge < -0.3 is 31.6 Å². The number of aromatic nitrogens is 1. The third kappa shape index (κ3) is 8.01. The average molecular weight is 462 g/mol. The lowest BCUT2D eigenvalue weighted by Crippen LogP contribution is -2.31. The Morgan fingerprint density at radius 1 is 0.706 bits per heavy atom. The number of benzene rings is 2. The molecule has 0 bridgehead atoms. The number of nitrogens with zero attached hydrogens (tertiary/aromatic N) is 1. The predicted octanol–water partition coefficient (Wildman–Crippen LogP) is 2.92. The van der Waals surface area contributed by atoms with Gasteiger partial charge in [0.1, 0.15) is 11.5 Å². The Hall–Kier alpha value is -4.27. The van der Waals surface area contributed by atoms with Crippen LogP contribution in [0.3, 0.4) is 0 Å². The molecule has 9 nitrogen and oxygen atoms in total. The maximum Gasteiger partial charge on any atom is 0.185 e. The van der Waals surface area contributed by atoms with E-state index < -0.39 is 0 Å². The normalized spacial score (nSPS) is 10.4. The predicted molar refractivity (Wildman–Crippen MR) is 135 cm³/mol. The van der Waals surface area contributed by atoms with Gasteiger partial charge in [-0.1, -0.05) is 24.3 Å². The molecule has 9 heteroatoms. The largest absolute Gasteiger partial charge is 0.494 e. The van der Waals surface area contributed by atoms with E-state index in [1.807, 2.05) is 60.9 Å². The van der Waals surface area contributed by atoms with E-state index >= 15 is 0 Å². The highest BCUT2D eigenvalue weighted by Gasteiger charge is 2.06. The van der Waals surface area contributed by atoms with Crippen molar-refractivity contribution in [3.05, 3.63) is 67.0 Å². The zero-order chi connectivity index (χ0) is 24.2. The third-order valence-electron chi connectivity index (χ3n) is 4.88. The summed E-state index contributed by atoms with van der Waals surface area (Å²) in [4.78, 5) is 4.44. The van der Waals surface area contributed by atoms with Gasteiger partial charge >= 0.3 is 0 Å². The van der Waals surface area contributed by atoms with Crippen molar-refractivity contribution in [3.63, 3.8) is 0 Å². The highest BCUT2D eigenvalue weighted by atomic mass is 16.5. The molecule has 0 aliphatic rings. The molecule has 0 spiro atoms. The Morgan fingerprint density at radius 3 is 1.62 bits per heavy atom. The van der Waals surface area contributed by atoms with Crippen LogP contribution in [-0.4, -0.2) is 43.2 Å². The van der Waals surface area contributed by atoms with E-state index in [1.165, 1.54) is 0 Å². The lowest BCUT2D eigenvalue weighted by molar-refractivity contribution is 0.311. The number of nitrogens with one attached hydrogen (secondary N) is 4. The van der Waals surface area contributed by atoms with Crippen LogP contribution >= 0.6 is 0 Å². The van der Waals surface area contributed by atoms with Gasteiger partial charge in [-0.15, -0.1) is 0 Å². The molecule has 0 saturated carbocycles. The van der Waals surface area contributed by atoms with Crippen LogP contribution in [0.5, 0.6) is 11.5 Å². The first-order valence-electron chi connectivity index (χ1n) is 11.1. The van der Waals surface area contributed by atoms with Crippen LogP contribution in [0.2, 0.25) is 0 Å². The summed E-state index contributed by atoms with van der Waals surface area (Å²) in [5, 5.41) is 19.9. The number of hydrogen-bond donors (Lipinski definition) is 6. The van der Waals surface area contributed by atoms with Crippen LogP contribution in [0, 0.1) is 10.8 Å². The summed E-state index contributed by atoms with van der Waals surface area (Å²) in [5.74, 6) is 1.49. The fraction of sp³-hybridized carbons (Fsp3) is 0.240. The monoisotopic (exact) mass is 461 g/mol. The molecular weight excluding hydrogens is 430 g/mol. The number of guanidine groups is 2. The van der Waals surface area contributed by atoms with Crippen LogP contribution in [0.15, 0.2) is 67.0 Å². The van der Waals surface area contributed by atoms with E-state index in [4.69, 9.17) is 31.8 Å². The smallest absolute Gasteiger partial charge is 0.185 e. The fourth-order valence-corrected chi connectivity index (χ4v) is 3.26. The summed E-state index contributed by atoms with van der Waals surface area (Å²) >= 11 is 0. The Bertz CT molecular complexity index is 1020. The van der Waals surface area contributed by atoms with Gasteiger partial charge in [0.05, 0.1) is 13.2 Å². The minimum Gasteiger partial charge on any atom is -0.494 e. The lowest BCUT2D eigenvalue weighted by Gasteiger charge is -2.11. The Labute approximate surface area is 199 Å². The first kappa shape index (κ1) is 24.4. The summed E-state index contributed by atoms with van der Waals surface area (Å²) in [6.45, 7) is 2.25. The first-order valence-corrected chi connectivity index (χ1v) is 11.1. The molecule has 0 radical (unpaired) electrons. The quantitative estimate of drug-likeness (QED) is 0.138. The Kier molecular flexibility index (Phi) is 9.09. The van der Waals surface area contributed by atoms with E-state index in [9.17, 15) is 0 Å². The second-order valence-electron chi connectivity index (χ2n) is 7.60. The summed E-state index contributed by atoms with van der Waals surface area (Å²) in [5.41, 5.74) is 14.6. The fourth-order valence-electron chi connectivity index (χ4n) is 3.26. The minimum atomic E-state index is -0.0338. The molecule has 0 aliphatic carbocycles. The topological polar surface area (TPSA) is 155 Å². The van der Waals surface area contributed by atoms with E-state index in [2.05, 4.69) is 21.7 Å². The molecule has 178 valence electrons. The van der Waals surface area contributed by atoms with Crippen molar-refractivity contribution < 1.29 is 9.47 Å². The van der Waals surface area contributed by atoms with Gasteiger partial charge in [0.2, 0.25) is 0 Å². The highest BCUT2D eigenvalue weighted by Crippen LogP contribution is 2.29. The standard InChI is InChI=1S/C25H31N7O2/c26-24(27)31-9-3-11-33-22-7-1-5-18(14-22)20-13-21(17-30-16-20)19-6-2-8-23(15-19)34-12-4-10-32-25(28)29/h1-2,5-8,13-17H,3-4,9-12H2,(H4,26,27,31)(H4,28,29,32). The van der Waals surface area contributed by atoms with E-state index in [0.717, 1.165) is 46.6 Å².